The lowest BCUT2D eigenvalue weighted by atomic mass is 9.71. The van der Waals surface area contributed by atoms with E-state index in [9.17, 15) is 0 Å². The molecule has 8 aromatic rings. The van der Waals surface area contributed by atoms with Crippen LogP contribution in [0.2, 0.25) is 0 Å². The van der Waals surface area contributed by atoms with Crippen LogP contribution in [-0.4, -0.2) is 0 Å². The summed E-state index contributed by atoms with van der Waals surface area (Å²) in [6.45, 7) is 2.33. The third kappa shape index (κ3) is 7.31. The zero-order chi connectivity index (χ0) is 36.7. The smallest absolute Gasteiger partial charge is 0.0423 e. The Balaban J connectivity index is 1.04. The van der Waals surface area contributed by atoms with Gasteiger partial charge in [-0.05, 0) is 104 Å². The predicted molar refractivity (Wildman–Crippen MR) is 230 cm³/mol. The number of rotatable bonds is 10. The second kappa shape index (κ2) is 15.5. The molecule has 1 heteroatoms. The predicted octanol–water partition coefficient (Wildman–Crippen LogP) is 13.2. The molecule has 0 bridgehead atoms. The Hall–Kier alpha value is -6.70. The monoisotopic (exact) mass is 693 g/mol. The van der Waals surface area contributed by atoms with Crippen molar-refractivity contribution >= 4 is 22.0 Å². The van der Waals surface area contributed by atoms with Crippen molar-refractivity contribution in [3.05, 3.63) is 252 Å². The van der Waals surface area contributed by atoms with Crippen LogP contribution in [0.1, 0.15) is 40.3 Å². The molecule has 0 aromatic heterocycles. The zero-order valence-corrected chi connectivity index (χ0v) is 30.6. The summed E-state index contributed by atoms with van der Waals surface area (Å²) in [5.41, 5.74) is 20.3. The van der Waals surface area contributed by atoms with Crippen molar-refractivity contribution < 1.29 is 0 Å². The van der Waals surface area contributed by atoms with E-state index in [0.29, 0.717) is 0 Å². The molecule has 0 fully saturated rings. The van der Waals surface area contributed by atoms with Crippen molar-refractivity contribution in [2.24, 2.45) is 5.73 Å². The lowest BCUT2D eigenvalue weighted by Crippen LogP contribution is -2.25. The molecule has 0 saturated heterocycles. The molecule has 2 N–H and O–H groups in total. The van der Waals surface area contributed by atoms with Crippen LogP contribution in [0, 0.1) is 0 Å². The first-order valence-corrected chi connectivity index (χ1v) is 18.7. The minimum Gasteiger partial charge on any atom is -0.398 e. The second-order valence-corrected chi connectivity index (χ2v) is 14.1. The van der Waals surface area contributed by atoms with Crippen LogP contribution in [0.5, 0.6) is 0 Å². The fourth-order valence-corrected chi connectivity index (χ4v) is 7.48. The van der Waals surface area contributed by atoms with E-state index < -0.39 is 0 Å². The third-order valence-corrected chi connectivity index (χ3v) is 10.7. The van der Waals surface area contributed by atoms with Crippen LogP contribution in [0.4, 0.5) is 0 Å². The van der Waals surface area contributed by atoms with Gasteiger partial charge in [0, 0.05) is 11.1 Å². The molecule has 0 heterocycles. The highest BCUT2D eigenvalue weighted by atomic mass is 14.6. The highest BCUT2D eigenvalue weighted by Crippen LogP contribution is 2.39. The van der Waals surface area contributed by atoms with Gasteiger partial charge in [0.05, 0.1) is 0 Å². The summed E-state index contributed by atoms with van der Waals surface area (Å²) in [5, 5.41) is 2.47. The van der Waals surface area contributed by atoms with E-state index in [-0.39, 0.29) is 5.41 Å². The summed E-state index contributed by atoms with van der Waals surface area (Å²) in [5.74, 6) is 0. The van der Waals surface area contributed by atoms with Gasteiger partial charge in [0.1, 0.15) is 0 Å². The zero-order valence-electron chi connectivity index (χ0n) is 30.6. The summed E-state index contributed by atoms with van der Waals surface area (Å²) < 4.78 is 0. The Morgan fingerprint density at radius 2 is 0.870 bits per heavy atom. The fourth-order valence-electron chi connectivity index (χ4n) is 7.48. The normalized spacial score (nSPS) is 12.2. The van der Waals surface area contributed by atoms with Gasteiger partial charge < -0.3 is 5.73 Å². The van der Waals surface area contributed by atoms with E-state index in [0.717, 1.165) is 28.8 Å². The van der Waals surface area contributed by atoms with Gasteiger partial charge in [0.2, 0.25) is 0 Å². The molecule has 0 spiro atoms. The van der Waals surface area contributed by atoms with Gasteiger partial charge in [-0.25, -0.2) is 0 Å². The highest BCUT2D eigenvalue weighted by Gasteiger charge is 2.30. The average molecular weight is 694 g/mol. The van der Waals surface area contributed by atoms with Crippen LogP contribution in [0.15, 0.2) is 218 Å². The molecule has 8 rings (SSSR count). The van der Waals surface area contributed by atoms with Crippen molar-refractivity contribution in [2.45, 2.75) is 18.8 Å². The summed E-state index contributed by atoms with van der Waals surface area (Å²) in [4.78, 5) is 0. The summed E-state index contributed by atoms with van der Waals surface area (Å²) in [6, 6.07) is 73.9. The maximum absolute atomic E-state index is 6.55. The van der Waals surface area contributed by atoms with Crippen LogP contribution in [-0.2, 0) is 11.8 Å². The number of nitrogens with two attached hydrogens (primary N) is 1. The molecule has 0 aliphatic carbocycles. The van der Waals surface area contributed by atoms with Gasteiger partial charge in [0.25, 0.3) is 0 Å². The number of allylic oxidation sites excluding steroid dienone is 3. The lowest BCUT2D eigenvalue weighted by Gasteiger charge is -2.32. The molecule has 0 aliphatic heterocycles. The molecule has 0 atom stereocenters. The highest BCUT2D eigenvalue weighted by molar-refractivity contribution is 5.91. The summed E-state index contributed by atoms with van der Waals surface area (Å²) in [7, 11) is 0. The Bertz CT molecular complexity index is 2490. The van der Waals surface area contributed by atoms with E-state index in [2.05, 4.69) is 189 Å². The number of hydrogen-bond acceptors (Lipinski definition) is 1. The molecular weight excluding hydrogens is 651 g/mol. The number of hydrogen-bond donors (Lipinski definition) is 1. The summed E-state index contributed by atoms with van der Waals surface area (Å²) in [6.07, 6.45) is 5.16. The Morgan fingerprint density at radius 3 is 1.39 bits per heavy atom. The van der Waals surface area contributed by atoms with Gasteiger partial charge in [-0.3, -0.25) is 0 Å². The van der Waals surface area contributed by atoms with E-state index in [1.807, 2.05) is 36.4 Å². The molecular formula is C53H43N. The molecule has 0 amide bonds. The molecule has 0 unspecified atom stereocenters. The Morgan fingerprint density at radius 1 is 0.444 bits per heavy atom. The number of benzene rings is 8. The molecule has 1 nitrogen and oxygen atoms in total. The van der Waals surface area contributed by atoms with E-state index in [1.54, 1.807) is 0 Å². The first-order chi connectivity index (χ1) is 26.5. The van der Waals surface area contributed by atoms with Crippen molar-refractivity contribution in [3.63, 3.8) is 0 Å². The molecule has 0 aliphatic rings. The standard InChI is InChI=1S/C53H43N/c1-53(49-18-10-4-11-19-49,50-20-12-5-13-21-50)51-34-32-42(33-35-51)46-31-29-43-28-30-45(36-48(43)37-46)41-25-22-39(23-26-41)24-27-47(40-14-6-2-7-15-40)38-52(54)44-16-8-3-9-17-44/h2-23,25-38H,24,54H2,1H3/b47-27+,52-38-. The van der Waals surface area contributed by atoms with Gasteiger partial charge in [0.15, 0.2) is 0 Å². The quantitative estimate of drug-likeness (QED) is 0.112. The first-order valence-electron chi connectivity index (χ1n) is 18.7. The van der Waals surface area contributed by atoms with Crippen LogP contribution < -0.4 is 5.73 Å². The maximum Gasteiger partial charge on any atom is 0.0423 e. The minimum atomic E-state index is -0.261. The van der Waals surface area contributed by atoms with Crippen molar-refractivity contribution in [1.82, 2.24) is 0 Å². The fraction of sp³-hybridized carbons (Fsp3) is 0.0566. The van der Waals surface area contributed by atoms with Crippen LogP contribution in [0.25, 0.3) is 44.3 Å². The second-order valence-electron chi connectivity index (χ2n) is 14.1. The van der Waals surface area contributed by atoms with Crippen molar-refractivity contribution in [2.75, 3.05) is 0 Å². The summed E-state index contributed by atoms with van der Waals surface area (Å²) >= 11 is 0. The molecule has 0 radical (unpaired) electrons. The molecule has 260 valence electrons. The topological polar surface area (TPSA) is 26.0 Å². The van der Waals surface area contributed by atoms with Gasteiger partial charge in [-0.1, -0.05) is 200 Å². The van der Waals surface area contributed by atoms with E-state index in [4.69, 9.17) is 5.73 Å². The molecule has 54 heavy (non-hydrogen) atoms. The molecule has 0 saturated carbocycles. The van der Waals surface area contributed by atoms with Gasteiger partial charge >= 0.3 is 0 Å². The van der Waals surface area contributed by atoms with Crippen LogP contribution >= 0.6 is 0 Å². The average Bonchev–Trinajstić information content (AvgIpc) is 3.26. The minimum absolute atomic E-state index is 0.261. The Kier molecular flexibility index (Phi) is 9.87. The Labute approximate surface area is 319 Å². The van der Waals surface area contributed by atoms with Gasteiger partial charge in [-0.2, -0.15) is 0 Å². The first kappa shape index (κ1) is 34.4. The van der Waals surface area contributed by atoms with Crippen molar-refractivity contribution in [3.8, 4) is 22.3 Å². The maximum atomic E-state index is 6.55. The van der Waals surface area contributed by atoms with Crippen molar-refractivity contribution in [1.29, 1.82) is 0 Å². The van der Waals surface area contributed by atoms with Gasteiger partial charge in [-0.15, -0.1) is 0 Å². The van der Waals surface area contributed by atoms with Crippen LogP contribution in [0.3, 0.4) is 0 Å². The van der Waals surface area contributed by atoms with E-state index in [1.165, 1.54) is 55.3 Å². The third-order valence-electron chi connectivity index (χ3n) is 10.7. The SMILES string of the molecule is CC(c1ccccc1)(c1ccccc1)c1ccc(-c2ccc3ccc(-c4ccc(C/C=C(\C=C(/N)c5ccccc5)c5ccccc5)cc4)cc3c2)cc1. The number of fused-ring (bicyclic) bond motifs is 1. The molecule has 8 aromatic carbocycles. The lowest BCUT2D eigenvalue weighted by molar-refractivity contribution is 0.692. The largest absolute Gasteiger partial charge is 0.398 e. The van der Waals surface area contributed by atoms with E-state index >= 15 is 0 Å².